The SMILES string of the molecule is Fc1c[c-]c(-c2ccccn2)c(F)n1.O=C(O)c1ccccn1.[Ir]. The monoisotopic (exact) mass is 507 g/mol. The predicted octanol–water partition coefficient (Wildman–Crippen LogP) is 3.00. The number of nitrogens with zero attached hydrogens (tertiary/aromatic N) is 3. The van der Waals surface area contributed by atoms with Crippen molar-refractivity contribution in [2.24, 2.45) is 0 Å². The predicted molar refractivity (Wildman–Crippen MR) is 77.4 cm³/mol. The molecule has 0 fully saturated rings. The van der Waals surface area contributed by atoms with Gasteiger partial charge in [-0.25, -0.2) is 18.6 Å². The van der Waals surface area contributed by atoms with Gasteiger partial charge in [0, 0.05) is 32.5 Å². The molecule has 5 nitrogen and oxygen atoms in total. The number of halogens is 2. The average Bonchev–Trinajstić information content (AvgIpc) is 2.57. The largest absolute Gasteiger partial charge is 0.477 e. The molecule has 0 spiro atoms. The Labute approximate surface area is 149 Å². The number of rotatable bonds is 2. The van der Waals surface area contributed by atoms with Crippen LogP contribution in [0.2, 0.25) is 0 Å². The van der Waals surface area contributed by atoms with E-state index in [1.165, 1.54) is 18.5 Å². The Morgan fingerprint density at radius 3 is 2.17 bits per heavy atom. The van der Waals surface area contributed by atoms with Crippen LogP contribution < -0.4 is 0 Å². The van der Waals surface area contributed by atoms with Crippen LogP contribution in [-0.4, -0.2) is 26.0 Å². The normalized spacial score (nSPS) is 9.25. The minimum absolute atomic E-state index is 0. The molecule has 0 unspecified atom stereocenters. The van der Waals surface area contributed by atoms with Gasteiger partial charge in [-0.05, 0) is 23.9 Å². The van der Waals surface area contributed by atoms with Crippen molar-refractivity contribution in [3.05, 3.63) is 78.5 Å². The molecule has 0 aliphatic heterocycles. The van der Waals surface area contributed by atoms with Crippen LogP contribution in [0.5, 0.6) is 0 Å². The Kier molecular flexibility index (Phi) is 7.74. The van der Waals surface area contributed by atoms with Gasteiger partial charge in [-0.2, -0.15) is 0 Å². The van der Waals surface area contributed by atoms with Crippen molar-refractivity contribution in [1.29, 1.82) is 0 Å². The first kappa shape index (κ1) is 19.5. The fraction of sp³-hybridized carbons (Fsp3) is 0. The molecule has 0 saturated heterocycles. The van der Waals surface area contributed by atoms with Gasteiger partial charge in [0.25, 0.3) is 0 Å². The Morgan fingerprint density at radius 2 is 1.71 bits per heavy atom. The molecule has 3 aromatic rings. The molecule has 0 amide bonds. The van der Waals surface area contributed by atoms with E-state index in [2.05, 4.69) is 21.0 Å². The second kappa shape index (κ2) is 9.54. The molecular weight excluding hydrogens is 496 g/mol. The zero-order valence-corrected chi connectivity index (χ0v) is 14.4. The number of hydrogen-bond donors (Lipinski definition) is 1. The first-order valence-electron chi connectivity index (χ1n) is 6.37. The van der Waals surface area contributed by atoms with Gasteiger partial charge in [-0.3, -0.25) is 4.98 Å². The first-order chi connectivity index (χ1) is 11.1. The minimum Gasteiger partial charge on any atom is -0.477 e. The van der Waals surface area contributed by atoms with Crippen LogP contribution >= 0.6 is 0 Å². The van der Waals surface area contributed by atoms with Gasteiger partial charge in [-0.15, -0.1) is 6.07 Å². The number of carboxylic acids is 1. The molecule has 0 aliphatic carbocycles. The fourth-order valence-corrected chi connectivity index (χ4v) is 1.55. The molecule has 0 saturated carbocycles. The molecular formula is C16H10F2IrN3O2-. The molecule has 8 heteroatoms. The van der Waals surface area contributed by atoms with E-state index in [9.17, 15) is 13.6 Å². The number of pyridine rings is 3. The standard InChI is InChI=1S/C10H5F2N2.C6H5NO2.Ir/c11-9-5-4-7(10(12)14-9)8-3-1-2-6-13-8;8-6(9)5-3-1-2-4-7-5;/h1-3,5-6H;1-4H,(H,8,9);/q-1;;. The summed E-state index contributed by atoms with van der Waals surface area (Å²) in [6.07, 6.45) is 2.97. The van der Waals surface area contributed by atoms with E-state index in [4.69, 9.17) is 5.11 Å². The van der Waals surface area contributed by atoms with Gasteiger partial charge in [0.1, 0.15) is 17.6 Å². The van der Waals surface area contributed by atoms with Gasteiger partial charge < -0.3 is 10.1 Å². The van der Waals surface area contributed by atoms with Crippen molar-refractivity contribution in [3.8, 4) is 11.3 Å². The van der Waals surface area contributed by atoms with Crippen molar-refractivity contribution in [2.45, 2.75) is 0 Å². The van der Waals surface area contributed by atoms with E-state index in [1.807, 2.05) is 0 Å². The van der Waals surface area contributed by atoms with Gasteiger partial charge in [-0.1, -0.05) is 29.8 Å². The van der Waals surface area contributed by atoms with Crippen LogP contribution in [0.1, 0.15) is 10.5 Å². The van der Waals surface area contributed by atoms with E-state index < -0.39 is 17.9 Å². The third-order valence-electron chi connectivity index (χ3n) is 2.55. The second-order valence-electron chi connectivity index (χ2n) is 4.12. The first-order valence-corrected chi connectivity index (χ1v) is 6.37. The van der Waals surface area contributed by atoms with Gasteiger partial charge in [0.05, 0.1) is 0 Å². The summed E-state index contributed by atoms with van der Waals surface area (Å²) in [5.41, 5.74) is 0.544. The van der Waals surface area contributed by atoms with Gasteiger partial charge >= 0.3 is 5.97 Å². The molecule has 3 aromatic heterocycles. The van der Waals surface area contributed by atoms with E-state index in [0.717, 1.165) is 6.07 Å². The summed E-state index contributed by atoms with van der Waals surface area (Å²) >= 11 is 0. The maximum absolute atomic E-state index is 13.1. The van der Waals surface area contributed by atoms with E-state index in [-0.39, 0.29) is 31.4 Å². The topological polar surface area (TPSA) is 76.0 Å². The summed E-state index contributed by atoms with van der Waals surface area (Å²) in [7, 11) is 0. The number of aromatic nitrogens is 3. The Hall–Kier alpha value is -2.57. The van der Waals surface area contributed by atoms with Crippen LogP contribution in [0.3, 0.4) is 0 Å². The smallest absolute Gasteiger partial charge is 0.354 e. The second-order valence-corrected chi connectivity index (χ2v) is 4.12. The Bertz CT molecular complexity index is 790. The zero-order valence-electron chi connectivity index (χ0n) is 12.0. The van der Waals surface area contributed by atoms with Crippen LogP contribution in [0.15, 0.2) is 54.9 Å². The summed E-state index contributed by atoms with van der Waals surface area (Å²) in [6, 6.07) is 13.2. The zero-order chi connectivity index (χ0) is 16.7. The summed E-state index contributed by atoms with van der Waals surface area (Å²) in [4.78, 5) is 20.7. The van der Waals surface area contributed by atoms with Gasteiger partial charge in [0.2, 0.25) is 0 Å². The number of hydrogen-bond acceptors (Lipinski definition) is 4. The van der Waals surface area contributed by atoms with E-state index >= 15 is 0 Å². The summed E-state index contributed by atoms with van der Waals surface area (Å²) < 4.78 is 25.6. The molecule has 1 radical (unpaired) electrons. The molecule has 0 bridgehead atoms. The maximum atomic E-state index is 13.1. The average molecular weight is 506 g/mol. The van der Waals surface area contributed by atoms with Crippen LogP contribution in [0.25, 0.3) is 11.3 Å². The minimum atomic E-state index is -0.990. The third kappa shape index (κ3) is 5.57. The molecule has 125 valence electrons. The van der Waals surface area contributed by atoms with Crippen molar-refractivity contribution >= 4 is 5.97 Å². The molecule has 0 atom stereocenters. The summed E-state index contributed by atoms with van der Waals surface area (Å²) in [6.45, 7) is 0. The number of aromatic carboxylic acids is 1. The summed E-state index contributed by atoms with van der Waals surface area (Å²) in [5.74, 6) is -2.78. The molecule has 0 aliphatic rings. The van der Waals surface area contributed by atoms with E-state index in [1.54, 1.807) is 30.3 Å². The van der Waals surface area contributed by atoms with Crippen molar-refractivity contribution < 1.29 is 38.8 Å². The van der Waals surface area contributed by atoms with Crippen molar-refractivity contribution in [3.63, 3.8) is 0 Å². The molecule has 0 aromatic carbocycles. The Balaban J connectivity index is 0.000000252. The van der Waals surface area contributed by atoms with Crippen molar-refractivity contribution in [1.82, 2.24) is 15.0 Å². The summed E-state index contributed by atoms with van der Waals surface area (Å²) in [5, 5.41) is 8.32. The van der Waals surface area contributed by atoms with Crippen LogP contribution in [0, 0.1) is 18.0 Å². The van der Waals surface area contributed by atoms with Crippen LogP contribution in [0.4, 0.5) is 8.78 Å². The quantitative estimate of drug-likeness (QED) is 0.427. The van der Waals surface area contributed by atoms with Crippen molar-refractivity contribution in [2.75, 3.05) is 0 Å². The third-order valence-corrected chi connectivity index (χ3v) is 2.55. The molecule has 3 rings (SSSR count). The van der Waals surface area contributed by atoms with Crippen LogP contribution in [-0.2, 0) is 20.1 Å². The molecule has 1 N–H and O–H groups in total. The molecule has 24 heavy (non-hydrogen) atoms. The molecule has 3 heterocycles. The maximum Gasteiger partial charge on any atom is 0.354 e. The fourth-order valence-electron chi connectivity index (χ4n) is 1.55. The Morgan fingerprint density at radius 1 is 1.04 bits per heavy atom. The van der Waals surface area contributed by atoms with E-state index in [0.29, 0.717) is 5.69 Å². The number of carboxylic acid groups (broad SMARTS) is 1. The number of carbonyl (C=O) groups is 1. The van der Waals surface area contributed by atoms with Gasteiger partial charge in [0.15, 0.2) is 0 Å².